The minimum Gasteiger partial charge on any atom is -0.466 e. The zero-order chi connectivity index (χ0) is 10.3. The van der Waals surface area contributed by atoms with Crippen molar-refractivity contribution in [1.29, 1.82) is 0 Å². The highest BCUT2D eigenvalue weighted by molar-refractivity contribution is 5.69. The first kappa shape index (κ1) is 12.4. The van der Waals surface area contributed by atoms with Crippen LogP contribution in [0.2, 0.25) is 0 Å². The zero-order valence-electron chi connectivity index (χ0n) is 8.55. The molecule has 1 unspecified atom stereocenters. The Kier molecular flexibility index (Phi) is 6.49. The van der Waals surface area contributed by atoms with E-state index in [1.165, 1.54) is 6.92 Å². The average Bonchev–Trinajstić information content (AvgIpc) is 2.00. The van der Waals surface area contributed by atoms with Gasteiger partial charge in [0.25, 0.3) is 0 Å². The van der Waals surface area contributed by atoms with Crippen LogP contribution in [0.5, 0.6) is 0 Å². The van der Waals surface area contributed by atoms with E-state index < -0.39 is 6.17 Å². The lowest BCUT2D eigenvalue weighted by atomic mass is 10.3. The van der Waals surface area contributed by atoms with Crippen LogP contribution in [0.3, 0.4) is 0 Å². The molecule has 1 atom stereocenters. The fourth-order valence-electron chi connectivity index (χ4n) is 1.04. The second kappa shape index (κ2) is 6.83. The fourth-order valence-corrected chi connectivity index (χ4v) is 1.04. The molecule has 0 aliphatic rings. The van der Waals surface area contributed by atoms with Gasteiger partial charge in [-0.15, -0.1) is 0 Å². The molecule has 0 amide bonds. The molecule has 0 saturated carbocycles. The Morgan fingerprint density at radius 1 is 1.62 bits per heavy atom. The molecule has 0 rings (SSSR count). The van der Waals surface area contributed by atoms with Gasteiger partial charge in [0.1, 0.15) is 6.17 Å². The molecule has 0 aliphatic heterocycles. The summed E-state index contributed by atoms with van der Waals surface area (Å²) in [5.74, 6) is -0.221. The summed E-state index contributed by atoms with van der Waals surface area (Å²) in [6, 6.07) is 0. The van der Waals surface area contributed by atoms with Gasteiger partial charge in [-0.1, -0.05) is 0 Å². The van der Waals surface area contributed by atoms with Crippen LogP contribution in [0.1, 0.15) is 20.3 Å². The van der Waals surface area contributed by atoms with Crippen molar-refractivity contribution in [2.24, 2.45) is 0 Å². The zero-order valence-corrected chi connectivity index (χ0v) is 8.55. The Bertz CT molecular complexity index is 151. The van der Waals surface area contributed by atoms with E-state index in [9.17, 15) is 9.18 Å². The number of hydrogen-bond donors (Lipinski definition) is 0. The van der Waals surface area contributed by atoms with Crippen molar-refractivity contribution < 1.29 is 13.9 Å². The van der Waals surface area contributed by atoms with Gasteiger partial charge >= 0.3 is 5.97 Å². The molecule has 0 bridgehead atoms. The summed E-state index contributed by atoms with van der Waals surface area (Å²) in [6.07, 6.45) is -0.524. The van der Waals surface area contributed by atoms with E-state index in [0.29, 0.717) is 26.1 Å². The first-order valence-corrected chi connectivity index (χ1v) is 4.54. The number of hydrogen-bond acceptors (Lipinski definition) is 3. The fraction of sp³-hybridized carbons (Fsp3) is 0.889. The Hall–Kier alpha value is -0.640. The predicted molar refractivity (Wildman–Crippen MR) is 49.3 cm³/mol. The lowest BCUT2D eigenvalue weighted by Gasteiger charge is -2.16. The molecule has 78 valence electrons. The smallest absolute Gasteiger partial charge is 0.307 e. The highest BCUT2D eigenvalue weighted by atomic mass is 19.1. The minimum absolute atomic E-state index is 0.221. The van der Waals surface area contributed by atoms with Crippen molar-refractivity contribution in [2.45, 2.75) is 26.4 Å². The topological polar surface area (TPSA) is 29.5 Å². The van der Waals surface area contributed by atoms with Crippen molar-refractivity contribution in [3.8, 4) is 0 Å². The summed E-state index contributed by atoms with van der Waals surface area (Å²) in [5.41, 5.74) is 0. The number of esters is 1. The van der Waals surface area contributed by atoms with Gasteiger partial charge in [-0.2, -0.15) is 0 Å². The van der Waals surface area contributed by atoms with Crippen LogP contribution in [-0.4, -0.2) is 43.8 Å². The highest BCUT2D eigenvalue weighted by Crippen LogP contribution is 1.95. The van der Waals surface area contributed by atoms with Crippen molar-refractivity contribution in [3.05, 3.63) is 0 Å². The van der Waals surface area contributed by atoms with Gasteiger partial charge in [-0.25, -0.2) is 4.39 Å². The third kappa shape index (κ3) is 7.71. The summed E-state index contributed by atoms with van der Waals surface area (Å²) in [5, 5.41) is 0. The second-order valence-corrected chi connectivity index (χ2v) is 3.10. The van der Waals surface area contributed by atoms with E-state index in [4.69, 9.17) is 4.74 Å². The van der Waals surface area contributed by atoms with Crippen LogP contribution >= 0.6 is 0 Å². The quantitative estimate of drug-likeness (QED) is 0.591. The summed E-state index contributed by atoms with van der Waals surface area (Å²) in [6.45, 7) is 4.58. The number of halogens is 1. The molecule has 0 N–H and O–H groups in total. The predicted octanol–water partition coefficient (Wildman–Crippen LogP) is 1.23. The molecular weight excluding hydrogens is 173 g/mol. The van der Waals surface area contributed by atoms with Gasteiger partial charge < -0.3 is 9.64 Å². The van der Waals surface area contributed by atoms with Crippen molar-refractivity contribution >= 4 is 5.97 Å². The second-order valence-electron chi connectivity index (χ2n) is 3.10. The van der Waals surface area contributed by atoms with Gasteiger partial charge in [0.05, 0.1) is 13.0 Å². The molecule has 0 fully saturated rings. The van der Waals surface area contributed by atoms with E-state index in [0.717, 1.165) is 0 Å². The molecular formula is C9H18FNO2. The number of carbonyl (C=O) groups is 1. The van der Waals surface area contributed by atoms with Crippen LogP contribution in [0, 0.1) is 0 Å². The lowest BCUT2D eigenvalue weighted by molar-refractivity contribution is -0.143. The van der Waals surface area contributed by atoms with Crippen molar-refractivity contribution in [2.75, 3.05) is 26.7 Å². The molecule has 4 heteroatoms. The number of ether oxygens (including phenoxy) is 1. The molecule has 0 spiro atoms. The largest absolute Gasteiger partial charge is 0.466 e. The minimum atomic E-state index is -0.854. The number of rotatable bonds is 6. The van der Waals surface area contributed by atoms with E-state index in [1.54, 1.807) is 18.9 Å². The molecule has 3 nitrogen and oxygen atoms in total. The SMILES string of the molecule is CCOC(=O)CCN(C)CC(C)F. The van der Waals surface area contributed by atoms with Gasteiger partial charge in [-0.3, -0.25) is 4.79 Å². The van der Waals surface area contributed by atoms with E-state index in [-0.39, 0.29) is 5.97 Å². The Labute approximate surface area is 78.9 Å². The number of carbonyl (C=O) groups excluding carboxylic acids is 1. The maximum absolute atomic E-state index is 12.5. The molecule has 0 radical (unpaired) electrons. The average molecular weight is 191 g/mol. The first-order valence-electron chi connectivity index (χ1n) is 4.54. The number of nitrogens with zero attached hydrogens (tertiary/aromatic N) is 1. The summed E-state index contributed by atoms with van der Waals surface area (Å²) in [7, 11) is 1.79. The Morgan fingerprint density at radius 2 is 2.23 bits per heavy atom. The molecule has 0 aromatic heterocycles. The van der Waals surface area contributed by atoms with Crippen LogP contribution in [0.4, 0.5) is 4.39 Å². The molecule has 0 saturated heterocycles. The van der Waals surface area contributed by atoms with Crippen molar-refractivity contribution in [3.63, 3.8) is 0 Å². The summed E-state index contributed by atoms with van der Waals surface area (Å²) >= 11 is 0. The maximum atomic E-state index is 12.5. The number of alkyl halides is 1. The van der Waals surface area contributed by atoms with Crippen molar-refractivity contribution in [1.82, 2.24) is 4.90 Å². The van der Waals surface area contributed by atoms with E-state index in [1.807, 2.05) is 0 Å². The first-order chi connectivity index (χ1) is 6.06. The third-order valence-electron chi connectivity index (χ3n) is 1.57. The summed E-state index contributed by atoms with van der Waals surface area (Å²) < 4.78 is 17.2. The molecule has 0 aromatic carbocycles. The van der Waals surface area contributed by atoms with Crippen LogP contribution in [0.25, 0.3) is 0 Å². The van der Waals surface area contributed by atoms with E-state index >= 15 is 0 Å². The normalized spacial score (nSPS) is 13.0. The monoisotopic (exact) mass is 191 g/mol. The standard InChI is InChI=1S/C9H18FNO2/c1-4-13-9(12)5-6-11(3)7-8(2)10/h8H,4-7H2,1-3H3. The molecule has 13 heavy (non-hydrogen) atoms. The Balaban J connectivity index is 3.45. The Morgan fingerprint density at radius 3 is 2.69 bits per heavy atom. The molecule has 0 aromatic rings. The maximum Gasteiger partial charge on any atom is 0.307 e. The van der Waals surface area contributed by atoms with Crippen LogP contribution < -0.4 is 0 Å². The van der Waals surface area contributed by atoms with Gasteiger partial charge in [0.15, 0.2) is 0 Å². The van der Waals surface area contributed by atoms with E-state index in [2.05, 4.69) is 0 Å². The molecule has 0 heterocycles. The third-order valence-corrected chi connectivity index (χ3v) is 1.57. The highest BCUT2D eigenvalue weighted by Gasteiger charge is 2.07. The van der Waals surface area contributed by atoms with Gasteiger partial charge in [0.2, 0.25) is 0 Å². The lowest BCUT2D eigenvalue weighted by Crippen LogP contribution is -2.27. The van der Waals surface area contributed by atoms with Crippen LogP contribution in [-0.2, 0) is 9.53 Å². The van der Waals surface area contributed by atoms with Gasteiger partial charge in [-0.05, 0) is 20.9 Å². The van der Waals surface area contributed by atoms with Crippen LogP contribution in [0.15, 0.2) is 0 Å². The molecule has 0 aliphatic carbocycles. The summed E-state index contributed by atoms with van der Waals surface area (Å²) in [4.78, 5) is 12.7. The van der Waals surface area contributed by atoms with Gasteiger partial charge in [0, 0.05) is 13.1 Å².